The van der Waals surface area contributed by atoms with Crippen LogP contribution in [0.25, 0.3) is 0 Å². The van der Waals surface area contributed by atoms with Crippen LogP contribution in [0, 0.1) is 11.3 Å². The van der Waals surface area contributed by atoms with Crippen LogP contribution in [-0.4, -0.2) is 22.8 Å². The molecule has 1 spiro atoms. The van der Waals surface area contributed by atoms with Crippen molar-refractivity contribution in [2.45, 2.75) is 31.2 Å². The standard InChI is InChI=1S/C13H17N3/c1-9(14)12-11(8-16-13(12)4-5-13)10-3-2-6-15-7-10/h2-3,6-7,11-12,14,16H,4-5,8H2,1H3/t11-,12-/m0/s1. The molecule has 16 heavy (non-hydrogen) atoms. The number of pyridine rings is 1. The molecule has 2 aliphatic rings. The van der Waals surface area contributed by atoms with Crippen LogP contribution < -0.4 is 5.32 Å². The van der Waals surface area contributed by atoms with Crippen molar-refractivity contribution >= 4 is 5.71 Å². The largest absolute Gasteiger partial charge is 0.310 e. The maximum Gasteiger partial charge on any atom is 0.0303 e. The Morgan fingerprint density at radius 2 is 2.38 bits per heavy atom. The minimum Gasteiger partial charge on any atom is -0.310 e. The molecule has 1 aliphatic carbocycles. The van der Waals surface area contributed by atoms with Crippen molar-refractivity contribution in [1.82, 2.24) is 10.3 Å². The summed E-state index contributed by atoms with van der Waals surface area (Å²) in [7, 11) is 0. The molecule has 0 amide bonds. The van der Waals surface area contributed by atoms with Crippen molar-refractivity contribution < 1.29 is 0 Å². The predicted molar refractivity (Wildman–Crippen MR) is 63.8 cm³/mol. The minimum absolute atomic E-state index is 0.256. The van der Waals surface area contributed by atoms with Gasteiger partial charge in [0.1, 0.15) is 0 Å². The van der Waals surface area contributed by atoms with Gasteiger partial charge in [-0.3, -0.25) is 4.98 Å². The summed E-state index contributed by atoms with van der Waals surface area (Å²) < 4.78 is 0. The average molecular weight is 215 g/mol. The molecule has 0 aromatic carbocycles. The second kappa shape index (κ2) is 3.39. The van der Waals surface area contributed by atoms with Gasteiger partial charge in [0.2, 0.25) is 0 Å². The fourth-order valence-corrected chi connectivity index (χ4v) is 3.17. The number of nitrogens with zero attached hydrogens (tertiary/aromatic N) is 1. The van der Waals surface area contributed by atoms with Gasteiger partial charge in [0.25, 0.3) is 0 Å². The number of hydrogen-bond donors (Lipinski definition) is 2. The fourth-order valence-electron chi connectivity index (χ4n) is 3.17. The second-order valence-electron chi connectivity index (χ2n) is 5.09. The Balaban J connectivity index is 1.94. The molecule has 2 N–H and O–H groups in total. The first-order valence-corrected chi connectivity index (χ1v) is 5.93. The molecular formula is C13H17N3. The summed E-state index contributed by atoms with van der Waals surface area (Å²) in [5.41, 5.74) is 2.35. The highest BCUT2D eigenvalue weighted by Crippen LogP contribution is 2.52. The third-order valence-corrected chi connectivity index (χ3v) is 4.04. The molecule has 2 fully saturated rings. The third-order valence-electron chi connectivity index (χ3n) is 4.04. The van der Waals surface area contributed by atoms with Gasteiger partial charge in [-0.1, -0.05) is 6.07 Å². The molecule has 3 heteroatoms. The van der Waals surface area contributed by atoms with Gasteiger partial charge in [0, 0.05) is 42.0 Å². The van der Waals surface area contributed by atoms with Crippen LogP contribution in [0.1, 0.15) is 31.2 Å². The van der Waals surface area contributed by atoms with Crippen molar-refractivity contribution in [1.29, 1.82) is 5.41 Å². The number of hydrogen-bond acceptors (Lipinski definition) is 3. The molecule has 0 unspecified atom stereocenters. The van der Waals surface area contributed by atoms with Crippen LogP contribution in [-0.2, 0) is 0 Å². The first-order valence-electron chi connectivity index (χ1n) is 5.93. The lowest BCUT2D eigenvalue weighted by Gasteiger charge is -2.22. The smallest absolute Gasteiger partial charge is 0.0303 e. The Morgan fingerprint density at radius 3 is 2.94 bits per heavy atom. The highest BCUT2D eigenvalue weighted by atomic mass is 15.1. The van der Waals surface area contributed by atoms with Gasteiger partial charge >= 0.3 is 0 Å². The topological polar surface area (TPSA) is 48.8 Å². The summed E-state index contributed by atoms with van der Waals surface area (Å²) in [5, 5.41) is 11.6. The number of rotatable bonds is 2. The maximum absolute atomic E-state index is 8.01. The van der Waals surface area contributed by atoms with Crippen LogP contribution >= 0.6 is 0 Å². The quantitative estimate of drug-likeness (QED) is 0.741. The van der Waals surface area contributed by atoms with Crippen molar-refractivity contribution in [3.8, 4) is 0 Å². The SMILES string of the molecule is CC(=N)[C@H]1[C@H](c2cccnc2)CNC12CC2. The van der Waals surface area contributed by atoms with Crippen LogP contribution in [0.4, 0.5) is 0 Å². The molecule has 0 bridgehead atoms. The van der Waals surface area contributed by atoms with E-state index >= 15 is 0 Å². The molecular weight excluding hydrogens is 198 g/mol. The van der Waals surface area contributed by atoms with E-state index in [2.05, 4.69) is 16.4 Å². The lowest BCUT2D eigenvalue weighted by Crippen LogP contribution is -2.33. The second-order valence-corrected chi connectivity index (χ2v) is 5.09. The lowest BCUT2D eigenvalue weighted by molar-refractivity contribution is 0.509. The van der Waals surface area contributed by atoms with Gasteiger partial charge in [-0.25, -0.2) is 0 Å². The molecule has 2 heterocycles. The molecule has 1 aromatic rings. The van der Waals surface area contributed by atoms with Crippen LogP contribution in [0.2, 0.25) is 0 Å². The normalized spacial score (nSPS) is 30.6. The zero-order chi connectivity index (χ0) is 11.2. The summed E-state index contributed by atoms with van der Waals surface area (Å²) in [6.45, 7) is 2.94. The molecule has 0 radical (unpaired) electrons. The van der Waals surface area contributed by atoms with E-state index in [4.69, 9.17) is 5.41 Å². The molecule has 1 saturated heterocycles. The summed E-state index contributed by atoms with van der Waals surface area (Å²) in [6.07, 6.45) is 6.21. The van der Waals surface area contributed by atoms with Crippen LogP contribution in [0.15, 0.2) is 24.5 Å². The van der Waals surface area contributed by atoms with Gasteiger partial charge in [0.05, 0.1) is 0 Å². The predicted octanol–water partition coefficient (Wildman–Crippen LogP) is 1.96. The summed E-state index contributed by atoms with van der Waals surface area (Å²) >= 11 is 0. The average Bonchev–Trinajstić information content (AvgIpc) is 2.92. The third kappa shape index (κ3) is 1.39. The Labute approximate surface area is 95.8 Å². The Morgan fingerprint density at radius 1 is 1.56 bits per heavy atom. The zero-order valence-electron chi connectivity index (χ0n) is 9.53. The van der Waals surface area contributed by atoms with Crippen LogP contribution in [0.5, 0.6) is 0 Å². The molecule has 2 atom stereocenters. The Hall–Kier alpha value is -1.22. The highest BCUT2D eigenvalue weighted by Gasteiger charge is 2.57. The van der Waals surface area contributed by atoms with Gasteiger partial charge < -0.3 is 10.7 Å². The van der Waals surface area contributed by atoms with Gasteiger partial charge in [-0.15, -0.1) is 0 Å². The van der Waals surface area contributed by atoms with E-state index in [9.17, 15) is 0 Å². The summed E-state index contributed by atoms with van der Waals surface area (Å²) in [6, 6.07) is 4.13. The molecule has 3 nitrogen and oxygen atoms in total. The van der Waals surface area contributed by atoms with Crippen molar-refractivity contribution in [3.63, 3.8) is 0 Å². The Kier molecular flexibility index (Phi) is 2.11. The van der Waals surface area contributed by atoms with E-state index in [1.54, 1.807) is 0 Å². The van der Waals surface area contributed by atoms with Crippen molar-refractivity contribution in [2.75, 3.05) is 6.54 Å². The van der Waals surface area contributed by atoms with E-state index in [-0.39, 0.29) is 5.54 Å². The molecule has 3 rings (SSSR count). The Bertz CT molecular complexity index is 408. The zero-order valence-corrected chi connectivity index (χ0v) is 9.53. The lowest BCUT2D eigenvalue weighted by atomic mass is 9.81. The minimum atomic E-state index is 0.256. The molecule has 84 valence electrons. The van der Waals surface area contributed by atoms with E-state index in [1.807, 2.05) is 25.4 Å². The van der Waals surface area contributed by atoms with E-state index in [0.717, 1.165) is 12.3 Å². The van der Waals surface area contributed by atoms with Crippen molar-refractivity contribution in [2.24, 2.45) is 5.92 Å². The number of nitrogens with one attached hydrogen (secondary N) is 2. The summed E-state index contributed by atoms with van der Waals surface area (Å²) in [5.74, 6) is 0.811. The molecule has 1 saturated carbocycles. The van der Waals surface area contributed by atoms with Crippen LogP contribution in [0.3, 0.4) is 0 Å². The highest BCUT2D eigenvalue weighted by molar-refractivity contribution is 5.84. The summed E-state index contributed by atoms with van der Waals surface area (Å²) in [4.78, 5) is 4.19. The fraction of sp³-hybridized carbons (Fsp3) is 0.538. The number of aromatic nitrogens is 1. The van der Waals surface area contributed by atoms with Gasteiger partial charge in [-0.05, 0) is 31.4 Å². The molecule has 1 aliphatic heterocycles. The van der Waals surface area contributed by atoms with Crippen molar-refractivity contribution in [3.05, 3.63) is 30.1 Å². The van der Waals surface area contributed by atoms with E-state index < -0.39 is 0 Å². The molecule has 1 aromatic heterocycles. The maximum atomic E-state index is 8.01. The first kappa shape index (κ1) is 9.97. The van der Waals surface area contributed by atoms with Gasteiger partial charge in [0.15, 0.2) is 0 Å². The van der Waals surface area contributed by atoms with Gasteiger partial charge in [-0.2, -0.15) is 0 Å². The van der Waals surface area contributed by atoms with E-state index in [0.29, 0.717) is 11.8 Å². The van der Waals surface area contributed by atoms with E-state index in [1.165, 1.54) is 18.4 Å². The monoisotopic (exact) mass is 215 g/mol. The first-order chi connectivity index (χ1) is 7.73.